The van der Waals surface area contributed by atoms with Crippen molar-refractivity contribution in [1.82, 2.24) is 66.2 Å². The molecule has 0 aromatic carbocycles. The van der Waals surface area contributed by atoms with E-state index in [9.17, 15) is 33.5 Å². The van der Waals surface area contributed by atoms with Gasteiger partial charge in [-0.05, 0) is 120 Å². The number of amides is 12. The van der Waals surface area contributed by atoms with Crippen LogP contribution in [0.3, 0.4) is 0 Å². The Hall–Kier alpha value is -6.59. The molecular formula is C77H134FN13O15. The fourth-order valence-corrected chi connectivity index (χ4v) is 15.4. The van der Waals surface area contributed by atoms with E-state index in [2.05, 4.69) is 31.9 Å². The number of nitrogens with zero attached hydrogens (tertiary/aromatic N) is 7. The molecule has 0 aromatic rings. The number of rotatable bonds is 18. The number of likely N-dealkylation sites (tertiary alicyclic amines) is 1. The van der Waals surface area contributed by atoms with E-state index >= 15 is 33.6 Å². The third kappa shape index (κ3) is 26.9. The normalized spacial score (nSPS) is 28.8. The lowest BCUT2D eigenvalue weighted by Gasteiger charge is -2.39. The Morgan fingerprint density at radius 3 is 1.51 bits per heavy atom. The topological polar surface area (TPSA) is 338 Å². The van der Waals surface area contributed by atoms with Crippen molar-refractivity contribution in [3.63, 3.8) is 0 Å². The van der Waals surface area contributed by atoms with Gasteiger partial charge in [0.15, 0.2) is 0 Å². The van der Waals surface area contributed by atoms with Crippen LogP contribution < -0.4 is 31.9 Å². The van der Waals surface area contributed by atoms with Crippen molar-refractivity contribution >= 4 is 70.9 Å². The van der Waals surface area contributed by atoms with Crippen LogP contribution in [0.15, 0.2) is 0 Å². The second-order valence-corrected chi connectivity index (χ2v) is 33.6. The van der Waals surface area contributed by atoms with Gasteiger partial charge in [-0.1, -0.05) is 120 Å². The average Bonchev–Trinajstić information content (AvgIpc) is 0.812. The lowest BCUT2D eigenvalue weighted by atomic mass is 9.84. The van der Waals surface area contributed by atoms with Crippen LogP contribution >= 0.6 is 0 Å². The van der Waals surface area contributed by atoms with E-state index < -0.39 is 181 Å². The molecule has 0 spiro atoms. The van der Waals surface area contributed by atoms with Gasteiger partial charge in [-0.2, -0.15) is 0 Å². The Kier molecular flexibility index (Phi) is 36.0. The van der Waals surface area contributed by atoms with Crippen LogP contribution in [0, 0.1) is 41.4 Å². The molecule has 0 bridgehead atoms. The van der Waals surface area contributed by atoms with Crippen LogP contribution in [0.25, 0.3) is 0 Å². The van der Waals surface area contributed by atoms with E-state index in [-0.39, 0.29) is 81.5 Å². The van der Waals surface area contributed by atoms with E-state index in [1.54, 1.807) is 53.4 Å². The third-order valence-electron chi connectivity index (χ3n) is 21.8. The summed E-state index contributed by atoms with van der Waals surface area (Å²) in [6.07, 6.45) is 7.93. The molecule has 13 atom stereocenters. The van der Waals surface area contributed by atoms with E-state index in [0.29, 0.717) is 32.5 Å². The maximum atomic E-state index is 15.6. The fourth-order valence-electron chi connectivity index (χ4n) is 15.4. The van der Waals surface area contributed by atoms with Crippen molar-refractivity contribution in [2.75, 3.05) is 94.8 Å². The predicted octanol–water partition coefficient (Wildman–Crippen LogP) is 3.93. The first kappa shape index (κ1) is 90.0. The molecule has 28 nitrogen and oxygen atoms in total. The van der Waals surface area contributed by atoms with E-state index in [1.807, 2.05) is 27.7 Å². The summed E-state index contributed by atoms with van der Waals surface area (Å²) in [5, 5.41) is 28.5. The number of hydrogen-bond donors (Lipinski definition) is 7. The maximum Gasteiger partial charge on any atom is 0.248 e. The molecule has 106 heavy (non-hydrogen) atoms. The van der Waals surface area contributed by atoms with Gasteiger partial charge < -0.3 is 80.8 Å². The zero-order valence-corrected chi connectivity index (χ0v) is 67.2. The smallest absolute Gasteiger partial charge is 0.248 e. The number of nitrogens with one attached hydrogen (secondary N) is 6. The highest BCUT2D eigenvalue weighted by Gasteiger charge is 2.45. The Bertz CT molecular complexity index is 2930. The number of halogens is 1. The highest BCUT2D eigenvalue weighted by atomic mass is 19.1. The number of ether oxygens (including phenoxy) is 2. The molecule has 604 valence electrons. The van der Waals surface area contributed by atoms with Gasteiger partial charge in [0.2, 0.25) is 70.9 Å². The Balaban J connectivity index is 1.69. The summed E-state index contributed by atoms with van der Waals surface area (Å²) in [6, 6.07) is -13.8. The van der Waals surface area contributed by atoms with Crippen LogP contribution in [-0.2, 0) is 67.0 Å². The molecule has 12 amide bonds. The van der Waals surface area contributed by atoms with Gasteiger partial charge in [0, 0.05) is 68.5 Å². The highest BCUT2D eigenvalue weighted by Crippen LogP contribution is 2.32. The monoisotopic (exact) mass is 1500 g/mol. The number of carbonyl (C=O) groups excluding carboxylic acids is 12. The van der Waals surface area contributed by atoms with Gasteiger partial charge in [0.05, 0.1) is 44.5 Å². The quantitative estimate of drug-likeness (QED) is 0.102. The van der Waals surface area contributed by atoms with Gasteiger partial charge >= 0.3 is 0 Å². The number of carbonyl (C=O) groups is 12. The molecule has 0 aromatic heterocycles. The van der Waals surface area contributed by atoms with Crippen LogP contribution in [-0.4, -0.2) is 283 Å². The number of aliphatic hydroxyl groups is 1. The van der Waals surface area contributed by atoms with Crippen molar-refractivity contribution in [3.8, 4) is 0 Å². The van der Waals surface area contributed by atoms with Crippen LogP contribution in [0.2, 0.25) is 0 Å². The zero-order chi connectivity index (χ0) is 79.2. The molecule has 5 fully saturated rings. The summed E-state index contributed by atoms with van der Waals surface area (Å²) >= 11 is 0. The van der Waals surface area contributed by atoms with Crippen LogP contribution in [0.5, 0.6) is 0 Å². The standard InChI is InChI=1S/C77H134FN13O15/c1-46(2)34-58-67(95)82-57(45-106-77(10,11)12)72(100)89(17)61(38-52-30-24-20-25-31-52)74(102)90(18)66(49(7)8)70(98)80-55(73(101)91-32-26-21-27-33-91)39-62(93)83-64(48(5)6)76(104)88(16)60(37-51-28-22-19-23-29-51)68(96)81-56(44-105-43-53-36-54(78)41-79-40-53)71(99)87(15)59(35-47(3)4)69(97)84-65(50(9)92)75(103)85(13)42-63(94)86(58)14/h46-61,64-66,79,92H,19-45H2,1-18H3,(H,80,98)(H,81,96)(H,82,95)(H,83,93)(H,84,97)/t50-,53?,54?,55+,56+,57+,58+,59+,60+,61+,64-,65+,66+/m1/s1. The molecule has 0 radical (unpaired) electrons. The highest BCUT2D eigenvalue weighted by molar-refractivity contribution is 6.00. The Labute approximate surface area is 630 Å². The zero-order valence-electron chi connectivity index (χ0n) is 67.2. The minimum atomic E-state index is -1.70. The van der Waals surface area contributed by atoms with Crippen LogP contribution in [0.1, 0.15) is 205 Å². The van der Waals surface area contributed by atoms with Crippen LogP contribution in [0.4, 0.5) is 4.39 Å². The lowest BCUT2D eigenvalue weighted by Crippen LogP contribution is -2.62. The molecular weight excluding hydrogens is 1370 g/mol. The van der Waals surface area contributed by atoms with E-state index in [4.69, 9.17) is 9.47 Å². The molecule has 3 heterocycles. The molecule has 2 unspecified atom stereocenters. The molecule has 29 heteroatoms. The number of piperidine rings is 2. The number of aliphatic hydroxyl groups excluding tert-OH is 1. The minimum absolute atomic E-state index is 0.00378. The van der Waals surface area contributed by atoms with Crippen molar-refractivity contribution in [2.24, 2.45) is 41.4 Å². The van der Waals surface area contributed by atoms with Gasteiger partial charge in [-0.3, -0.25) is 57.5 Å². The van der Waals surface area contributed by atoms with Gasteiger partial charge in [-0.25, -0.2) is 4.39 Å². The van der Waals surface area contributed by atoms with Crippen molar-refractivity contribution in [3.05, 3.63) is 0 Å². The Morgan fingerprint density at radius 1 is 0.509 bits per heavy atom. The van der Waals surface area contributed by atoms with Gasteiger partial charge in [0.25, 0.3) is 0 Å². The van der Waals surface area contributed by atoms with Gasteiger partial charge in [0.1, 0.15) is 66.6 Å². The number of alkyl halides is 1. The minimum Gasteiger partial charge on any atom is -0.391 e. The molecule has 2 saturated carbocycles. The predicted molar refractivity (Wildman–Crippen MR) is 400 cm³/mol. The van der Waals surface area contributed by atoms with Gasteiger partial charge in [-0.15, -0.1) is 0 Å². The van der Waals surface area contributed by atoms with Crippen molar-refractivity contribution in [2.45, 2.75) is 283 Å². The number of likely N-dealkylation sites (N-methyl/N-ethyl adjacent to an activating group) is 6. The first-order chi connectivity index (χ1) is 49.7. The summed E-state index contributed by atoms with van der Waals surface area (Å²) in [7, 11) is 8.41. The first-order valence-electron chi connectivity index (χ1n) is 39.3. The third-order valence-corrected chi connectivity index (χ3v) is 21.8. The summed E-state index contributed by atoms with van der Waals surface area (Å²) in [6.45, 7) is 20.6. The SMILES string of the molecule is CC(C)C[C@H]1C(=O)N[C@@H](COC(C)(C)C)C(=O)N(C)[C@@H](CC2CCCCC2)C(=O)N(C)[C@@H](C(C)C)C(=O)N[C@H](C(=O)N2CCCCC2)CC(=O)N[C@H](C(C)C)C(=O)N(C)[C@@H](CC2CCCCC2)C(=O)N[C@@H](COCC2CNCC(F)C2)C(=O)N(C)[C@@H](CC(C)C)C(=O)N[C@@H]([C@@H](C)O)C(=O)N(C)CC(=O)N1C. The maximum absolute atomic E-state index is 15.6. The summed E-state index contributed by atoms with van der Waals surface area (Å²) in [5.41, 5.74) is -0.846. The van der Waals surface area contributed by atoms with Crippen molar-refractivity contribution < 1.29 is 76.5 Å². The van der Waals surface area contributed by atoms with E-state index in [1.165, 1.54) is 63.9 Å². The summed E-state index contributed by atoms with van der Waals surface area (Å²) < 4.78 is 27.2. The second-order valence-electron chi connectivity index (χ2n) is 33.6. The largest absolute Gasteiger partial charge is 0.391 e. The molecule has 3 saturated heterocycles. The average molecular weight is 1500 g/mol. The molecule has 5 aliphatic rings. The molecule has 3 aliphatic heterocycles. The Morgan fingerprint density at radius 2 is 1.00 bits per heavy atom. The van der Waals surface area contributed by atoms with E-state index in [0.717, 1.165) is 85.3 Å². The molecule has 5 rings (SSSR count). The second kappa shape index (κ2) is 42.4. The molecule has 2 aliphatic carbocycles. The fraction of sp³-hybridized carbons (Fsp3) is 0.844. The summed E-state index contributed by atoms with van der Waals surface area (Å²) in [5.74, 6) is -11.0. The number of hydrogen-bond acceptors (Lipinski definition) is 16. The lowest BCUT2D eigenvalue weighted by molar-refractivity contribution is -0.153. The first-order valence-corrected chi connectivity index (χ1v) is 39.3. The van der Waals surface area contributed by atoms with Crippen molar-refractivity contribution in [1.29, 1.82) is 0 Å². The molecule has 7 N–H and O–H groups in total. The summed E-state index contributed by atoms with van der Waals surface area (Å²) in [4.78, 5) is 190.